The van der Waals surface area contributed by atoms with Crippen molar-refractivity contribution in [2.75, 3.05) is 4.90 Å². The number of amides is 1. The number of nitrogens with zero attached hydrogens (tertiary/aromatic N) is 2. The van der Waals surface area contributed by atoms with Crippen molar-refractivity contribution in [1.82, 2.24) is 4.98 Å². The minimum atomic E-state index is -0.368. The van der Waals surface area contributed by atoms with Gasteiger partial charge in [0.05, 0.1) is 11.4 Å². The fourth-order valence-electron chi connectivity index (χ4n) is 2.13. The number of hydrogen-bond donors (Lipinski definition) is 0. The van der Waals surface area contributed by atoms with E-state index in [1.165, 1.54) is 23.5 Å². The van der Waals surface area contributed by atoms with Crippen LogP contribution in [0.2, 0.25) is 0 Å². The highest BCUT2D eigenvalue weighted by Crippen LogP contribution is 2.22. The number of halogens is 1. The summed E-state index contributed by atoms with van der Waals surface area (Å²) in [6, 6.07) is 13.3. The van der Waals surface area contributed by atoms with Gasteiger partial charge in [0.25, 0.3) is 5.91 Å². The number of aromatic nitrogens is 1. The molecule has 0 aliphatic carbocycles. The molecular weight excluding hydrogens is 299 g/mol. The van der Waals surface area contributed by atoms with E-state index in [4.69, 9.17) is 0 Å². The van der Waals surface area contributed by atoms with Crippen LogP contribution >= 0.6 is 11.3 Å². The van der Waals surface area contributed by atoms with Gasteiger partial charge in [-0.3, -0.25) is 9.78 Å². The highest BCUT2D eigenvalue weighted by molar-refractivity contribution is 7.12. The van der Waals surface area contributed by atoms with Crippen LogP contribution in [0.5, 0.6) is 0 Å². The predicted octanol–water partition coefficient (Wildman–Crippen LogP) is 4.13. The van der Waals surface area contributed by atoms with Crippen molar-refractivity contribution in [1.29, 1.82) is 0 Å². The number of rotatable bonds is 4. The first kappa shape index (κ1) is 14.4. The Morgan fingerprint density at radius 2 is 2.09 bits per heavy atom. The summed E-state index contributed by atoms with van der Waals surface area (Å²) >= 11 is 1.37. The zero-order valence-electron chi connectivity index (χ0n) is 11.6. The molecule has 0 atom stereocenters. The molecule has 0 saturated heterocycles. The summed E-state index contributed by atoms with van der Waals surface area (Å²) in [4.78, 5) is 19.0. The van der Waals surface area contributed by atoms with Crippen molar-refractivity contribution >= 4 is 22.9 Å². The Bertz CT molecular complexity index is 759. The third kappa shape index (κ3) is 3.20. The van der Waals surface area contributed by atoms with E-state index in [0.717, 1.165) is 5.56 Å². The van der Waals surface area contributed by atoms with E-state index in [9.17, 15) is 9.18 Å². The Morgan fingerprint density at radius 1 is 1.18 bits per heavy atom. The van der Waals surface area contributed by atoms with Crippen molar-refractivity contribution in [3.63, 3.8) is 0 Å². The van der Waals surface area contributed by atoms with Gasteiger partial charge in [0.15, 0.2) is 0 Å². The second-order valence-corrected chi connectivity index (χ2v) is 5.66. The molecule has 1 aromatic carbocycles. The summed E-state index contributed by atoms with van der Waals surface area (Å²) in [6.07, 6.45) is 3.38. The average molecular weight is 312 g/mol. The second-order valence-electron chi connectivity index (χ2n) is 4.71. The maximum atomic E-state index is 13.5. The van der Waals surface area contributed by atoms with E-state index in [0.29, 0.717) is 17.1 Å². The molecule has 0 aliphatic rings. The quantitative estimate of drug-likeness (QED) is 0.726. The molecule has 22 heavy (non-hydrogen) atoms. The van der Waals surface area contributed by atoms with Crippen LogP contribution in [0.25, 0.3) is 0 Å². The Labute approximate surface area is 131 Å². The van der Waals surface area contributed by atoms with Gasteiger partial charge in [0, 0.05) is 18.1 Å². The summed E-state index contributed by atoms with van der Waals surface area (Å²) in [5.74, 6) is -0.517. The number of pyridine rings is 1. The van der Waals surface area contributed by atoms with E-state index >= 15 is 0 Å². The average Bonchev–Trinajstić information content (AvgIpc) is 3.07. The standard InChI is InChI=1S/C17H13FN2OS/c18-14-5-1-6-15(10-14)20(12-13-4-2-8-19-11-13)17(21)16-7-3-9-22-16/h1-11H,12H2. The zero-order chi connectivity index (χ0) is 15.4. The number of thiophene rings is 1. The molecule has 0 aliphatic heterocycles. The Balaban J connectivity index is 1.96. The van der Waals surface area contributed by atoms with Crippen molar-refractivity contribution in [2.24, 2.45) is 0 Å². The van der Waals surface area contributed by atoms with Crippen LogP contribution in [0, 0.1) is 5.82 Å². The monoisotopic (exact) mass is 312 g/mol. The molecule has 110 valence electrons. The fourth-order valence-corrected chi connectivity index (χ4v) is 2.80. The Hall–Kier alpha value is -2.53. The van der Waals surface area contributed by atoms with E-state index < -0.39 is 0 Å². The molecule has 2 aromatic heterocycles. The van der Waals surface area contributed by atoms with Crippen LogP contribution in [0.15, 0.2) is 66.3 Å². The highest BCUT2D eigenvalue weighted by Gasteiger charge is 2.19. The maximum Gasteiger partial charge on any atom is 0.268 e. The van der Waals surface area contributed by atoms with E-state index in [2.05, 4.69) is 4.98 Å². The predicted molar refractivity (Wildman–Crippen MR) is 85.5 cm³/mol. The topological polar surface area (TPSA) is 33.2 Å². The first-order valence-corrected chi connectivity index (χ1v) is 7.62. The Kier molecular flexibility index (Phi) is 4.25. The molecule has 0 spiro atoms. The Morgan fingerprint density at radius 3 is 2.77 bits per heavy atom. The van der Waals surface area contributed by atoms with Crippen LogP contribution in [0.1, 0.15) is 15.2 Å². The minimum absolute atomic E-state index is 0.149. The lowest BCUT2D eigenvalue weighted by Crippen LogP contribution is -2.29. The fraction of sp³-hybridized carbons (Fsp3) is 0.0588. The molecule has 2 heterocycles. The number of hydrogen-bond acceptors (Lipinski definition) is 3. The summed E-state index contributed by atoms with van der Waals surface area (Å²) in [7, 11) is 0. The van der Waals surface area contributed by atoms with Gasteiger partial charge in [0.1, 0.15) is 5.82 Å². The molecule has 5 heteroatoms. The maximum absolute atomic E-state index is 13.5. The van der Waals surface area contributed by atoms with Crippen molar-refractivity contribution in [2.45, 2.75) is 6.54 Å². The first-order chi connectivity index (χ1) is 10.7. The molecule has 0 radical (unpaired) electrons. The van der Waals surface area contributed by atoms with Crippen LogP contribution in [-0.2, 0) is 6.54 Å². The molecule has 3 nitrogen and oxygen atoms in total. The number of benzene rings is 1. The third-order valence-electron chi connectivity index (χ3n) is 3.16. The summed E-state index contributed by atoms with van der Waals surface area (Å²) in [6.45, 7) is 0.341. The highest BCUT2D eigenvalue weighted by atomic mass is 32.1. The summed E-state index contributed by atoms with van der Waals surface area (Å²) in [5.41, 5.74) is 1.42. The number of anilines is 1. The van der Waals surface area contributed by atoms with Gasteiger partial charge in [-0.25, -0.2) is 4.39 Å². The van der Waals surface area contributed by atoms with Crippen molar-refractivity contribution in [3.05, 3.63) is 82.6 Å². The molecule has 1 amide bonds. The molecule has 0 fully saturated rings. The van der Waals surface area contributed by atoms with E-state index in [-0.39, 0.29) is 11.7 Å². The van der Waals surface area contributed by atoms with Gasteiger partial charge >= 0.3 is 0 Å². The van der Waals surface area contributed by atoms with Gasteiger partial charge in [-0.05, 0) is 41.3 Å². The van der Waals surface area contributed by atoms with Crippen LogP contribution in [0.4, 0.5) is 10.1 Å². The number of carbonyl (C=O) groups is 1. The zero-order valence-corrected chi connectivity index (χ0v) is 12.5. The smallest absolute Gasteiger partial charge is 0.268 e. The molecule has 0 saturated carbocycles. The molecule has 0 bridgehead atoms. The first-order valence-electron chi connectivity index (χ1n) is 6.74. The minimum Gasteiger partial charge on any atom is -0.303 e. The molecule has 0 unspecified atom stereocenters. The summed E-state index contributed by atoms with van der Waals surface area (Å²) in [5, 5.41) is 1.85. The molecular formula is C17H13FN2OS. The molecule has 0 N–H and O–H groups in total. The van der Waals surface area contributed by atoms with Gasteiger partial charge in [-0.1, -0.05) is 18.2 Å². The van der Waals surface area contributed by atoms with Gasteiger partial charge < -0.3 is 4.90 Å². The van der Waals surface area contributed by atoms with Gasteiger partial charge in [0.2, 0.25) is 0 Å². The van der Waals surface area contributed by atoms with Gasteiger partial charge in [-0.15, -0.1) is 11.3 Å². The SMILES string of the molecule is O=C(c1cccs1)N(Cc1cccnc1)c1cccc(F)c1. The van der Waals surface area contributed by atoms with Crippen LogP contribution in [-0.4, -0.2) is 10.9 Å². The molecule has 3 aromatic rings. The summed E-state index contributed by atoms with van der Waals surface area (Å²) < 4.78 is 13.5. The van der Waals surface area contributed by atoms with Crippen LogP contribution < -0.4 is 4.90 Å². The molecule has 3 rings (SSSR count). The second kappa shape index (κ2) is 6.49. The third-order valence-corrected chi connectivity index (χ3v) is 4.02. The largest absolute Gasteiger partial charge is 0.303 e. The van der Waals surface area contributed by atoms with E-state index in [1.54, 1.807) is 35.5 Å². The number of carbonyl (C=O) groups excluding carboxylic acids is 1. The van der Waals surface area contributed by atoms with Crippen molar-refractivity contribution in [3.8, 4) is 0 Å². The lowest BCUT2D eigenvalue weighted by Gasteiger charge is -2.22. The lowest BCUT2D eigenvalue weighted by atomic mass is 10.2. The van der Waals surface area contributed by atoms with E-state index in [1.807, 2.05) is 23.6 Å². The lowest BCUT2D eigenvalue weighted by molar-refractivity contribution is 0.0989. The van der Waals surface area contributed by atoms with Crippen LogP contribution in [0.3, 0.4) is 0 Å². The van der Waals surface area contributed by atoms with Crippen molar-refractivity contribution < 1.29 is 9.18 Å². The normalized spacial score (nSPS) is 10.4. The van der Waals surface area contributed by atoms with Gasteiger partial charge in [-0.2, -0.15) is 0 Å².